The Balaban J connectivity index is 1.98. The molecule has 0 atom stereocenters. The van der Waals surface area contributed by atoms with E-state index >= 15 is 0 Å². The van der Waals surface area contributed by atoms with E-state index in [1.807, 2.05) is 0 Å². The van der Waals surface area contributed by atoms with Gasteiger partial charge in [-0.15, -0.1) is 0 Å². The fourth-order valence-electron chi connectivity index (χ4n) is 2.28. The molecule has 0 bridgehead atoms. The lowest BCUT2D eigenvalue weighted by atomic mass is 9.79. The molecule has 18 heavy (non-hydrogen) atoms. The van der Waals surface area contributed by atoms with Crippen LogP contribution in [0.1, 0.15) is 32.3 Å². The van der Waals surface area contributed by atoms with Crippen molar-refractivity contribution >= 4 is 5.78 Å². The average Bonchev–Trinajstić information content (AvgIpc) is 2.25. The fourth-order valence-corrected chi connectivity index (χ4v) is 2.28. The first-order chi connectivity index (χ1) is 8.44. The molecule has 1 aliphatic rings. The van der Waals surface area contributed by atoms with Crippen molar-refractivity contribution in [1.29, 1.82) is 0 Å². The summed E-state index contributed by atoms with van der Waals surface area (Å²) in [4.78, 5) is 11.6. The quantitative estimate of drug-likeness (QED) is 0.888. The monoisotopic (exact) mass is 247 g/mol. The van der Waals surface area contributed by atoms with Crippen LogP contribution >= 0.6 is 0 Å². The summed E-state index contributed by atoms with van der Waals surface area (Å²) in [7, 11) is 0. The lowest BCUT2D eigenvalue weighted by Gasteiger charge is -2.29. The molecule has 0 radical (unpaired) electrons. The maximum atomic E-state index is 12.8. The van der Waals surface area contributed by atoms with Crippen molar-refractivity contribution in [3.8, 4) is 0 Å². The average molecular weight is 247 g/mol. The molecule has 1 aromatic carbocycles. The fraction of sp³-hybridized carbons (Fsp3) is 0.400. The van der Waals surface area contributed by atoms with Crippen molar-refractivity contribution < 1.29 is 9.18 Å². The summed E-state index contributed by atoms with van der Waals surface area (Å²) in [5, 5.41) is 3.26. The molecule has 0 heterocycles. The summed E-state index contributed by atoms with van der Waals surface area (Å²) < 4.78 is 12.8. The van der Waals surface area contributed by atoms with E-state index in [1.54, 1.807) is 18.2 Å². The number of halogens is 1. The van der Waals surface area contributed by atoms with Gasteiger partial charge in [-0.25, -0.2) is 4.39 Å². The summed E-state index contributed by atoms with van der Waals surface area (Å²) in [5.41, 5.74) is 2.01. The van der Waals surface area contributed by atoms with Crippen LogP contribution in [0, 0.1) is 11.2 Å². The minimum absolute atomic E-state index is 0.0248. The largest absolute Gasteiger partial charge is 0.384 e. The van der Waals surface area contributed by atoms with Gasteiger partial charge in [0, 0.05) is 24.7 Å². The van der Waals surface area contributed by atoms with E-state index in [0.29, 0.717) is 13.0 Å². The van der Waals surface area contributed by atoms with E-state index < -0.39 is 0 Å². The lowest BCUT2D eigenvalue weighted by Crippen LogP contribution is -2.27. The van der Waals surface area contributed by atoms with Crippen LogP contribution in [0.4, 0.5) is 4.39 Å². The predicted molar refractivity (Wildman–Crippen MR) is 69.3 cm³/mol. The Morgan fingerprint density at radius 3 is 2.50 bits per heavy atom. The molecule has 0 spiro atoms. The van der Waals surface area contributed by atoms with Crippen LogP contribution in [0.3, 0.4) is 0 Å². The maximum absolute atomic E-state index is 12.8. The number of benzene rings is 1. The highest BCUT2D eigenvalue weighted by atomic mass is 19.1. The molecule has 0 unspecified atom stereocenters. The van der Waals surface area contributed by atoms with E-state index in [4.69, 9.17) is 0 Å². The standard InChI is InChI=1S/C15H18FNO/c1-15(2)8-13(7-14(18)9-15)17-10-11-3-5-12(16)6-4-11/h3-7,17H,8-10H2,1-2H3. The first kappa shape index (κ1) is 12.8. The van der Waals surface area contributed by atoms with Gasteiger partial charge in [0.2, 0.25) is 0 Å². The van der Waals surface area contributed by atoms with Gasteiger partial charge in [0.25, 0.3) is 0 Å². The topological polar surface area (TPSA) is 29.1 Å². The summed E-state index contributed by atoms with van der Waals surface area (Å²) in [6.07, 6.45) is 3.17. The van der Waals surface area contributed by atoms with Gasteiger partial charge in [-0.2, -0.15) is 0 Å². The number of carbonyl (C=O) groups is 1. The molecule has 0 saturated carbocycles. The normalized spacial score (nSPS) is 18.4. The number of nitrogens with one attached hydrogen (secondary N) is 1. The molecular weight excluding hydrogens is 229 g/mol. The van der Waals surface area contributed by atoms with E-state index in [2.05, 4.69) is 19.2 Å². The zero-order chi connectivity index (χ0) is 13.2. The van der Waals surface area contributed by atoms with Crippen LogP contribution < -0.4 is 5.32 Å². The third kappa shape index (κ3) is 3.42. The summed E-state index contributed by atoms with van der Waals surface area (Å²) in [5.74, 6) is -0.0557. The molecule has 0 aromatic heterocycles. The van der Waals surface area contributed by atoms with Gasteiger partial charge < -0.3 is 5.32 Å². The molecule has 0 amide bonds. The second-order valence-electron chi connectivity index (χ2n) is 5.63. The van der Waals surface area contributed by atoms with Crippen LogP contribution in [-0.4, -0.2) is 5.78 Å². The van der Waals surface area contributed by atoms with Crippen molar-refractivity contribution in [2.75, 3.05) is 0 Å². The minimum Gasteiger partial charge on any atom is -0.384 e. The molecule has 2 nitrogen and oxygen atoms in total. The lowest BCUT2D eigenvalue weighted by molar-refractivity contribution is -0.117. The van der Waals surface area contributed by atoms with Crippen molar-refractivity contribution in [2.45, 2.75) is 33.2 Å². The molecule has 2 rings (SSSR count). The molecule has 1 N–H and O–H groups in total. The third-order valence-corrected chi connectivity index (χ3v) is 3.09. The molecule has 0 aliphatic heterocycles. The van der Waals surface area contributed by atoms with Crippen LogP contribution in [0.2, 0.25) is 0 Å². The zero-order valence-electron chi connectivity index (χ0n) is 10.8. The van der Waals surface area contributed by atoms with Gasteiger partial charge in [-0.3, -0.25) is 4.79 Å². The highest BCUT2D eigenvalue weighted by Gasteiger charge is 2.27. The molecule has 96 valence electrons. The highest BCUT2D eigenvalue weighted by molar-refractivity contribution is 5.91. The minimum atomic E-state index is -0.230. The first-order valence-corrected chi connectivity index (χ1v) is 6.16. The Labute approximate surface area is 107 Å². The second kappa shape index (κ2) is 4.92. The number of hydrogen-bond acceptors (Lipinski definition) is 2. The van der Waals surface area contributed by atoms with Gasteiger partial charge in [0.15, 0.2) is 5.78 Å². The smallest absolute Gasteiger partial charge is 0.157 e. The van der Waals surface area contributed by atoms with E-state index in [1.165, 1.54) is 12.1 Å². The maximum Gasteiger partial charge on any atom is 0.157 e. The van der Waals surface area contributed by atoms with Crippen LogP contribution in [0.25, 0.3) is 0 Å². The Bertz CT molecular complexity index is 474. The second-order valence-corrected chi connectivity index (χ2v) is 5.63. The Kier molecular flexibility index (Phi) is 3.50. The van der Waals surface area contributed by atoms with Crippen LogP contribution in [0.5, 0.6) is 0 Å². The van der Waals surface area contributed by atoms with Crippen molar-refractivity contribution in [2.24, 2.45) is 5.41 Å². The summed E-state index contributed by atoms with van der Waals surface area (Å²) >= 11 is 0. The molecule has 3 heteroatoms. The van der Waals surface area contributed by atoms with Gasteiger partial charge >= 0.3 is 0 Å². The highest BCUT2D eigenvalue weighted by Crippen LogP contribution is 2.32. The third-order valence-electron chi connectivity index (χ3n) is 3.09. The Morgan fingerprint density at radius 2 is 1.89 bits per heavy atom. The Morgan fingerprint density at radius 1 is 1.22 bits per heavy atom. The molecular formula is C15H18FNO. The summed E-state index contributed by atoms with van der Waals surface area (Å²) in [6, 6.07) is 6.39. The van der Waals surface area contributed by atoms with Gasteiger partial charge in [-0.1, -0.05) is 26.0 Å². The molecule has 0 fully saturated rings. The number of carbonyl (C=O) groups excluding carboxylic acids is 1. The van der Waals surface area contributed by atoms with Crippen LogP contribution in [0.15, 0.2) is 36.0 Å². The van der Waals surface area contributed by atoms with E-state index in [0.717, 1.165) is 17.7 Å². The van der Waals surface area contributed by atoms with E-state index in [-0.39, 0.29) is 17.0 Å². The molecule has 1 aromatic rings. The van der Waals surface area contributed by atoms with Gasteiger partial charge in [-0.05, 0) is 29.5 Å². The van der Waals surface area contributed by atoms with Crippen molar-refractivity contribution in [3.05, 3.63) is 47.4 Å². The number of ketones is 1. The van der Waals surface area contributed by atoms with Gasteiger partial charge in [0.05, 0.1) is 0 Å². The first-order valence-electron chi connectivity index (χ1n) is 6.16. The number of rotatable bonds is 3. The van der Waals surface area contributed by atoms with Gasteiger partial charge in [0.1, 0.15) is 5.82 Å². The van der Waals surface area contributed by atoms with E-state index in [9.17, 15) is 9.18 Å². The van der Waals surface area contributed by atoms with Crippen LogP contribution in [-0.2, 0) is 11.3 Å². The van der Waals surface area contributed by atoms with Crippen molar-refractivity contribution in [3.63, 3.8) is 0 Å². The molecule has 0 saturated heterocycles. The Hall–Kier alpha value is -1.64. The number of hydrogen-bond donors (Lipinski definition) is 1. The zero-order valence-corrected chi connectivity index (χ0v) is 10.8. The predicted octanol–water partition coefficient (Wildman–Crippen LogP) is 3.19. The SMILES string of the molecule is CC1(C)CC(=O)C=C(NCc2ccc(F)cc2)C1. The summed E-state index contributed by atoms with van der Waals surface area (Å²) in [6.45, 7) is 4.81. The van der Waals surface area contributed by atoms with Crippen molar-refractivity contribution in [1.82, 2.24) is 5.32 Å². The number of allylic oxidation sites excluding steroid dienone is 2. The molecule has 1 aliphatic carbocycles.